The van der Waals surface area contributed by atoms with Crippen molar-refractivity contribution in [3.05, 3.63) is 46.9 Å². The molecule has 0 saturated carbocycles. The second kappa shape index (κ2) is 4.87. The highest BCUT2D eigenvalue weighted by molar-refractivity contribution is 8.01. The Labute approximate surface area is 82.9 Å². The zero-order valence-corrected chi connectivity index (χ0v) is 8.60. The van der Waals surface area contributed by atoms with Gasteiger partial charge in [0.2, 0.25) is 0 Å². The SMILES string of the molecule is CS/C=C(\C)C(=O)c1ccccc1. The van der Waals surface area contributed by atoms with Gasteiger partial charge in [-0.1, -0.05) is 30.3 Å². The minimum Gasteiger partial charge on any atom is -0.289 e. The minimum atomic E-state index is 0.106. The summed E-state index contributed by atoms with van der Waals surface area (Å²) in [5.41, 5.74) is 1.55. The first-order valence-electron chi connectivity index (χ1n) is 4.05. The molecule has 0 spiro atoms. The Kier molecular flexibility index (Phi) is 3.77. The Hall–Kier alpha value is -1.02. The molecule has 0 unspecified atom stereocenters. The molecule has 68 valence electrons. The molecule has 0 saturated heterocycles. The summed E-state index contributed by atoms with van der Waals surface area (Å²) in [6.07, 6.45) is 1.95. The van der Waals surface area contributed by atoms with E-state index in [1.807, 2.05) is 48.9 Å². The molecule has 1 aromatic rings. The number of ketones is 1. The number of hydrogen-bond donors (Lipinski definition) is 0. The lowest BCUT2D eigenvalue weighted by atomic mass is 10.1. The van der Waals surface area contributed by atoms with Crippen LogP contribution < -0.4 is 0 Å². The van der Waals surface area contributed by atoms with Gasteiger partial charge in [-0.3, -0.25) is 4.79 Å². The molecule has 0 aliphatic rings. The highest BCUT2D eigenvalue weighted by Crippen LogP contribution is 2.10. The largest absolute Gasteiger partial charge is 0.289 e. The molecule has 13 heavy (non-hydrogen) atoms. The normalized spacial score (nSPS) is 11.4. The van der Waals surface area contributed by atoms with E-state index in [-0.39, 0.29) is 5.78 Å². The number of Topliss-reactive ketones (excluding diaryl/α,β-unsaturated/α-hetero) is 1. The summed E-state index contributed by atoms with van der Waals surface area (Å²) in [4.78, 5) is 11.7. The van der Waals surface area contributed by atoms with Crippen molar-refractivity contribution in [3.8, 4) is 0 Å². The van der Waals surface area contributed by atoms with Gasteiger partial charge in [0.05, 0.1) is 0 Å². The molecule has 0 fully saturated rings. The van der Waals surface area contributed by atoms with E-state index >= 15 is 0 Å². The van der Waals surface area contributed by atoms with Gasteiger partial charge in [0, 0.05) is 11.1 Å². The van der Waals surface area contributed by atoms with E-state index in [0.717, 1.165) is 11.1 Å². The van der Waals surface area contributed by atoms with E-state index in [0.29, 0.717) is 0 Å². The number of rotatable bonds is 3. The Bertz CT molecular complexity index is 314. The second-order valence-corrected chi connectivity index (χ2v) is 3.44. The zero-order chi connectivity index (χ0) is 9.68. The summed E-state index contributed by atoms with van der Waals surface area (Å²) in [6.45, 7) is 1.84. The van der Waals surface area contributed by atoms with Crippen LogP contribution in [0, 0.1) is 0 Å². The van der Waals surface area contributed by atoms with Gasteiger partial charge >= 0.3 is 0 Å². The predicted molar refractivity (Wildman–Crippen MR) is 58.0 cm³/mol. The molecule has 0 aliphatic carbocycles. The van der Waals surface area contributed by atoms with E-state index in [2.05, 4.69) is 0 Å². The van der Waals surface area contributed by atoms with Crippen LogP contribution in [0.2, 0.25) is 0 Å². The molecule has 0 bridgehead atoms. The maximum absolute atomic E-state index is 11.7. The average Bonchev–Trinajstić information content (AvgIpc) is 2.18. The fraction of sp³-hybridized carbons (Fsp3) is 0.182. The molecule has 0 aliphatic heterocycles. The Morgan fingerprint density at radius 2 is 1.92 bits per heavy atom. The molecular formula is C11H12OS. The summed E-state index contributed by atoms with van der Waals surface area (Å²) in [7, 11) is 0. The summed E-state index contributed by atoms with van der Waals surface area (Å²) in [5.74, 6) is 0.106. The highest BCUT2D eigenvalue weighted by Gasteiger charge is 2.05. The first-order valence-corrected chi connectivity index (χ1v) is 5.34. The van der Waals surface area contributed by atoms with Crippen molar-refractivity contribution < 1.29 is 4.79 Å². The van der Waals surface area contributed by atoms with Crippen molar-refractivity contribution in [2.75, 3.05) is 6.26 Å². The maximum atomic E-state index is 11.7. The summed E-state index contributed by atoms with van der Waals surface area (Å²) in [6, 6.07) is 9.32. The third-order valence-electron chi connectivity index (χ3n) is 1.69. The van der Waals surface area contributed by atoms with Crippen LogP contribution >= 0.6 is 11.8 Å². The molecule has 1 aromatic carbocycles. The molecule has 0 aromatic heterocycles. The third kappa shape index (κ3) is 2.74. The highest BCUT2D eigenvalue weighted by atomic mass is 32.2. The van der Waals surface area contributed by atoms with Gasteiger partial charge in [-0.2, -0.15) is 0 Å². The van der Waals surface area contributed by atoms with Crippen LogP contribution in [0.4, 0.5) is 0 Å². The topological polar surface area (TPSA) is 17.1 Å². The molecule has 0 heterocycles. The number of carbonyl (C=O) groups is 1. The average molecular weight is 192 g/mol. The van der Waals surface area contributed by atoms with Crippen molar-refractivity contribution in [1.82, 2.24) is 0 Å². The van der Waals surface area contributed by atoms with Gasteiger partial charge in [-0.25, -0.2) is 0 Å². The molecule has 1 rings (SSSR count). The van der Waals surface area contributed by atoms with Crippen molar-refractivity contribution in [2.45, 2.75) is 6.92 Å². The summed E-state index contributed by atoms with van der Waals surface area (Å²) in [5, 5.41) is 1.87. The molecule has 0 atom stereocenters. The summed E-state index contributed by atoms with van der Waals surface area (Å²) >= 11 is 1.55. The van der Waals surface area contributed by atoms with Gasteiger partial charge < -0.3 is 0 Å². The van der Waals surface area contributed by atoms with Gasteiger partial charge in [-0.15, -0.1) is 11.8 Å². The monoisotopic (exact) mass is 192 g/mol. The zero-order valence-electron chi connectivity index (χ0n) is 7.78. The lowest BCUT2D eigenvalue weighted by molar-refractivity contribution is 0.103. The van der Waals surface area contributed by atoms with Crippen LogP contribution in [0.3, 0.4) is 0 Å². The smallest absolute Gasteiger partial charge is 0.189 e. The second-order valence-electron chi connectivity index (χ2n) is 2.73. The molecule has 2 heteroatoms. The molecule has 0 amide bonds. The van der Waals surface area contributed by atoms with Crippen molar-refractivity contribution in [2.24, 2.45) is 0 Å². The standard InChI is InChI=1S/C11H12OS/c1-9(8-13-2)11(12)10-6-4-3-5-7-10/h3-8H,1-2H3/b9-8+. The number of allylic oxidation sites excluding steroid dienone is 1. The summed E-state index contributed by atoms with van der Waals surface area (Å²) < 4.78 is 0. The van der Waals surface area contributed by atoms with Crippen molar-refractivity contribution in [3.63, 3.8) is 0 Å². The first-order chi connectivity index (χ1) is 6.25. The van der Waals surface area contributed by atoms with Gasteiger partial charge in [0.1, 0.15) is 0 Å². The van der Waals surface area contributed by atoms with Crippen LogP contribution in [0.1, 0.15) is 17.3 Å². The van der Waals surface area contributed by atoms with E-state index in [1.54, 1.807) is 11.8 Å². The van der Waals surface area contributed by atoms with E-state index in [1.165, 1.54) is 0 Å². The van der Waals surface area contributed by atoms with E-state index in [4.69, 9.17) is 0 Å². The molecule has 0 N–H and O–H groups in total. The van der Waals surface area contributed by atoms with Gasteiger partial charge in [-0.05, 0) is 18.6 Å². The number of benzene rings is 1. The van der Waals surface area contributed by atoms with Crippen molar-refractivity contribution in [1.29, 1.82) is 0 Å². The van der Waals surface area contributed by atoms with E-state index in [9.17, 15) is 4.79 Å². The first kappa shape index (κ1) is 10.1. The van der Waals surface area contributed by atoms with Crippen molar-refractivity contribution >= 4 is 17.5 Å². The van der Waals surface area contributed by atoms with Gasteiger partial charge in [0.15, 0.2) is 5.78 Å². The predicted octanol–water partition coefficient (Wildman–Crippen LogP) is 3.14. The Balaban J connectivity index is 2.86. The van der Waals surface area contributed by atoms with Crippen LogP contribution in [0.25, 0.3) is 0 Å². The quantitative estimate of drug-likeness (QED) is 0.540. The van der Waals surface area contributed by atoms with Crippen LogP contribution in [0.15, 0.2) is 41.3 Å². The van der Waals surface area contributed by atoms with Crippen LogP contribution in [-0.2, 0) is 0 Å². The lowest BCUT2D eigenvalue weighted by Crippen LogP contribution is -1.99. The Morgan fingerprint density at radius 1 is 1.31 bits per heavy atom. The third-order valence-corrected chi connectivity index (χ3v) is 2.28. The van der Waals surface area contributed by atoms with Gasteiger partial charge in [0.25, 0.3) is 0 Å². The van der Waals surface area contributed by atoms with E-state index < -0.39 is 0 Å². The lowest BCUT2D eigenvalue weighted by Gasteiger charge is -1.99. The fourth-order valence-electron chi connectivity index (χ4n) is 1.05. The maximum Gasteiger partial charge on any atom is 0.189 e. The minimum absolute atomic E-state index is 0.106. The number of carbonyl (C=O) groups excluding carboxylic acids is 1. The van der Waals surface area contributed by atoms with Crippen LogP contribution in [-0.4, -0.2) is 12.0 Å². The number of hydrogen-bond acceptors (Lipinski definition) is 2. The Morgan fingerprint density at radius 3 is 2.46 bits per heavy atom. The fourth-order valence-corrected chi connectivity index (χ4v) is 1.51. The molecule has 0 radical (unpaired) electrons. The molecule has 1 nitrogen and oxygen atoms in total. The van der Waals surface area contributed by atoms with Crippen LogP contribution in [0.5, 0.6) is 0 Å². The number of thioether (sulfide) groups is 1. The molecular weight excluding hydrogens is 180 g/mol.